The number of aryl methyl sites for hydroxylation is 1. The van der Waals surface area contributed by atoms with Crippen molar-refractivity contribution in [3.05, 3.63) is 35.4 Å². The summed E-state index contributed by atoms with van der Waals surface area (Å²) in [6, 6.07) is 9.15. The van der Waals surface area contributed by atoms with Gasteiger partial charge in [-0.3, -0.25) is 0 Å². The van der Waals surface area contributed by atoms with Gasteiger partial charge in [-0.1, -0.05) is 24.3 Å². The zero-order valence-electron chi connectivity index (χ0n) is 13.0. The van der Waals surface area contributed by atoms with Crippen LogP contribution in [0.3, 0.4) is 0 Å². The number of epoxide rings is 1. The highest BCUT2D eigenvalue weighted by molar-refractivity contribution is 6.60. The fourth-order valence-corrected chi connectivity index (χ4v) is 3.91. The molecule has 0 saturated carbocycles. The Kier molecular flexibility index (Phi) is 6.34. The summed E-state index contributed by atoms with van der Waals surface area (Å²) in [4.78, 5) is 0. The summed E-state index contributed by atoms with van der Waals surface area (Å²) in [5.41, 5.74) is 2.41. The maximum absolute atomic E-state index is 5.62. The molecule has 1 aromatic carbocycles. The van der Waals surface area contributed by atoms with Gasteiger partial charge in [0.05, 0.1) is 19.8 Å². The first-order valence-corrected chi connectivity index (χ1v) is 9.07. The highest BCUT2D eigenvalue weighted by Crippen LogP contribution is 2.18. The molecule has 6 heteroatoms. The van der Waals surface area contributed by atoms with Gasteiger partial charge in [0, 0.05) is 27.4 Å². The van der Waals surface area contributed by atoms with Crippen LogP contribution in [0.2, 0.25) is 6.04 Å². The lowest BCUT2D eigenvalue weighted by Gasteiger charge is -2.24. The van der Waals surface area contributed by atoms with Gasteiger partial charge < -0.3 is 22.8 Å². The van der Waals surface area contributed by atoms with Gasteiger partial charge in [-0.25, -0.2) is 0 Å². The van der Waals surface area contributed by atoms with Crippen LogP contribution in [0.15, 0.2) is 24.3 Å². The highest BCUT2D eigenvalue weighted by Gasteiger charge is 2.37. The molecule has 5 nitrogen and oxygen atoms in total. The van der Waals surface area contributed by atoms with Crippen molar-refractivity contribution in [2.45, 2.75) is 25.2 Å². The zero-order chi connectivity index (χ0) is 15.1. The molecule has 1 aliphatic rings. The first-order valence-electron chi connectivity index (χ1n) is 7.14. The summed E-state index contributed by atoms with van der Waals surface area (Å²) < 4.78 is 27.1. The standard InChI is InChI=1S/C15H24O5Si/c1-16-21(17-2,18-3)8-7-13-5-4-6-14(9-13)10-19-11-15-12-20-15/h4-6,9,15H,7-8,10-12H2,1-3H3. The monoisotopic (exact) mass is 312 g/mol. The molecule has 1 saturated heterocycles. The normalized spacial score (nSPS) is 18.0. The number of ether oxygens (including phenoxy) is 2. The van der Waals surface area contributed by atoms with E-state index in [1.807, 2.05) is 0 Å². The molecule has 0 spiro atoms. The Balaban J connectivity index is 1.84. The second-order valence-corrected chi connectivity index (χ2v) is 8.18. The van der Waals surface area contributed by atoms with Crippen molar-refractivity contribution < 1.29 is 22.8 Å². The Morgan fingerprint density at radius 1 is 1.14 bits per heavy atom. The molecule has 21 heavy (non-hydrogen) atoms. The van der Waals surface area contributed by atoms with Gasteiger partial charge in [0.25, 0.3) is 0 Å². The van der Waals surface area contributed by atoms with Gasteiger partial charge in [-0.15, -0.1) is 0 Å². The lowest BCUT2D eigenvalue weighted by molar-refractivity contribution is 0.104. The third kappa shape index (κ3) is 5.17. The molecule has 0 N–H and O–H groups in total. The average molecular weight is 312 g/mol. The summed E-state index contributed by atoms with van der Waals surface area (Å²) in [7, 11) is 2.43. The van der Waals surface area contributed by atoms with E-state index < -0.39 is 8.80 Å². The lowest BCUT2D eigenvalue weighted by atomic mass is 10.1. The molecule has 1 fully saturated rings. The molecule has 0 radical (unpaired) electrons. The Morgan fingerprint density at radius 3 is 2.43 bits per heavy atom. The molecule has 118 valence electrons. The topological polar surface area (TPSA) is 49.5 Å². The predicted octanol–water partition coefficient (Wildman–Crippen LogP) is 2.02. The van der Waals surface area contributed by atoms with E-state index >= 15 is 0 Å². The minimum Gasteiger partial charge on any atom is -0.377 e. The number of hydrogen-bond donors (Lipinski definition) is 0. The van der Waals surface area contributed by atoms with Crippen LogP contribution in [0, 0.1) is 0 Å². The van der Waals surface area contributed by atoms with E-state index in [4.69, 9.17) is 22.8 Å². The van der Waals surface area contributed by atoms with Crippen molar-refractivity contribution in [2.75, 3.05) is 34.5 Å². The molecule has 0 amide bonds. The van der Waals surface area contributed by atoms with Crippen LogP contribution < -0.4 is 0 Å². The van der Waals surface area contributed by atoms with Crippen LogP contribution in [-0.2, 0) is 35.8 Å². The third-order valence-corrected chi connectivity index (χ3v) is 6.35. The van der Waals surface area contributed by atoms with Crippen LogP contribution in [0.1, 0.15) is 11.1 Å². The first-order chi connectivity index (χ1) is 10.2. The third-order valence-electron chi connectivity index (χ3n) is 3.62. The molecule has 1 unspecified atom stereocenters. The number of hydrogen-bond acceptors (Lipinski definition) is 5. The van der Waals surface area contributed by atoms with Crippen LogP contribution in [-0.4, -0.2) is 49.5 Å². The maximum Gasteiger partial charge on any atom is 0.500 e. The van der Waals surface area contributed by atoms with Gasteiger partial charge >= 0.3 is 8.80 Å². The Bertz CT molecular complexity index is 424. The molecule has 1 aliphatic heterocycles. The fourth-order valence-electron chi connectivity index (χ4n) is 2.20. The average Bonchev–Trinajstić information content (AvgIpc) is 3.34. The van der Waals surface area contributed by atoms with Crippen molar-refractivity contribution in [3.63, 3.8) is 0 Å². The maximum atomic E-state index is 5.62. The van der Waals surface area contributed by atoms with Crippen LogP contribution >= 0.6 is 0 Å². The predicted molar refractivity (Wildman–Crippen MR) is 81.1 cm³/mol. The van der Waals surface area contributed by atoms with E-state index in [2.05, 4.69) is 24.3 Å². The largest absolute Gasteiger partial charge is 0.500 e. The van der Waals surface area contributed by atoms with Crippen LogP contribution in [0.4, 0.5) is 0 Å². The Labute approximate surface area is 127 Å². The van der Waals surface area contributed by atoms with Crippen molar-refractivity contribution in [1.29, 1.82) is 0 Å². The smallest absolute Gasteiger partial charge is 0.377 e. The lowest BCUT2D eigenvalue weighted by Crippen LogP contribution is -2.43. The second-order valence-electron chi connectivity index (χ2n) is 5.09. The molecule has 1 atom stereocenters. The number of rotatable bonds is 10. The molecule has 1 aromatic rings. The summed E-state index contributed by atoms with van der Waals surface area (Å²) in [6.07, 6.45) is 1.17. The molecule has 0 aliphatic carbocycles. The minimum absolute atomic E-state index is 0.310. The minimum atomic E-state index is -2.50. The van der Waals surface area contributed by atoms with Crippen molar-refractivity contribution >= 4 is 8.80 Å². The molecule has 0 aromatic heterocycles. The van der Waals surface area contributed by atoms with E-state index in [0.717, 1.165) is 19.1 Å². The number of benzene rings is 1. The van der Waals surface area contributed by atoms with Gasteiger partial charge in [0.1, 0.15) is 6.10 Å². The van der Waals surface area contributed by atoms with Gasteiger partial charge in [0.2, 0.25) is 0 Å². The van der Waals surface area contributed by atoms with Gasteiger partial charge in [0.15, 0.2) is 0 Å². The molecule has 1 heterocycles. The Morgan fingerprint density at radius 2 is 1.81 bits per heavy atom. The second kappa shape index (κ2) is 8.02. The SMILES string of the molecule is CO[Si](CCc1cccc(COCC2CO2)c1)(OC)OC. The van der Waals surface area contributed by atoms with Gasteiger partial charge in [-0.2, -0.15) is 0 Å². The fraction of sp³-hybridized carbons (Fsp3) is 0.600. The van der Waals surface area contributed by atoms with Crippen molar-refractivity contribution in [1.82, 2.24) is 0 Å². The highest BCUT2D eigenvalue weighted by atomic mass is 28.4. The van der Waals surface area contributed by atoms with Gasteiger partial charge in [-0.05, 0) is 17.5 Å². The summed E-state index contributed by atoms with van der Waals surface area (Å²) >= 11 is 0. The van der Waals surface area contributed by atoms with E-state index in [-0.39, 0.29) is 0 Å². The first kappa shape index (κ1) is 16.6. The summed E-state index contributed by atoms with van der Waals surface area (Å²) in [6.45, 7) is 2.13. The van der Waals surface area contributed by atoms with Crippen LogP contribution in [0.25, 0.3) is 0 Å². The molecular formula is C15H24O5Si. The molecular weight excluding hydrogens is 288 g/mol. The van der Waals surface area contributed by atoms with E-state index in [1.54, 1.807) is 21.3 Å². The molecule has 0 bridgehead atoms. The summed E-state index contributed by atoms with van der Waals surface area (Å²) in [5, 5.41) is 0. The summed E-state index contributed by atoms with van der Waals surface area (Å²) in [5.74, 6) is 0. The Hall–Kier alpha value is -0.763. The quantitative estimate of drug-likeness (QED) is 0.489. The van der Waals surface area contributed by atoms with Crippen molar-refractivity contribution in [2.24, 2.45) is 0 Å². The van der Waals surface area contributed by atoms with Crippen LogP contribution in [0.5, 0.6) is 0 Å². The molecule has 2 rings (SSSR count). The van der Waals surface area contributed by atoms with E-state index in [9.17, 15) is 0 Å². The van der Waals surface area contributed by atoms with E-state index in [1.165, 1.54) is 11.1 Å². The van der Waals surface area contributed by atoms with E-state index in [0.29, 0.717) is 19.3 Å². The zero-order valence-corrected chi connectivity index (χ0v) is 14.0. The van der Waals surface area contributed by atoms with Crippen molar-refractivity contribution in [3.8, 4) is 0 Å².